The normalized spacial score (nSPS) is 9.83. The maximum Gasteiger partial charge on any atom is 0.335 e. The van der Waals surface area contributed by atoms with E-state index in [-0.39, 0.29) is 11.1 Å². The third-order valence-electron chi connectivity index (χ3n) is 7.45. The van der Waals surface area contributed by atoms with Crippen LogP contribution in [0.25, 0.3) is 0 Å². The number of carboxylic acids is 2. The Morgan fingerprint density at radius 3 is 0.586 bits per heavy atom. The van der Waals surface area contributed by atoms with E-state index in [1.54, 1.807) is 147 Å². The minimum Gasteiger partial charge on any atom is -0.504 e. The van der Waals surface area contributed by atoms with Gasteiger partial charge in [0.15, 0.2) is 34.5 Å². The Bertz CT molecular complexity index is 2380. The van der Waals surface area contributed by atoms with Gasteiger partial charge < -0.3 is 51.1 Å². The summed E-state index contributed by atoms with van der Waals surface area (Å²) in [5.74, 6) is -6.67. The number of aromatic carboxylic acids is 2. The Balaban J connectivity index is 0.000000295. The Hall–Kier alpha value is -10.2. The number of carboxylic acid groups (broad SMARTS) is 2. The molecule has 0 amide bonds. The van der Waals surface area contributed by atoms with Crippen LogP contribution in [0.2, 0.25) is 0 Å². The molecule has 0 aliphatic carbocycles. The number of nitrogens with zero attached hydrogens (tertiary/aromatic N) is 12. The molecule has 0 spiro atoms. The van der Waals surface area contributed by atoms with Crippen molar-refractivity contribution in [3.63, 3.8) is 0 Å². The first-order chi connectivity index (χ1) is 33.9. The molecule has 0 aliphatic heterocycles. The Morgan fingerprint density at radius 1 is 0.314 bits per heavy atom. The second-order valence-corrected chi connectivity index (χ2v) is 12.2. The van der Waals surface area contributed by atoms with Crippen molar-refractivity contribution in [2.75, 3.05) is 14.2 Å². The molecule has 0 saturated carbocycles. The monoisotopic (exact) mass is 956 g/mol. The number of aliphatic hydroxyl groups is 2. The third kappa shape index (κ3) is 21.7. The van der Waals surface area contributed by atoms with Crippen LogP contribution in [0.3, 0.4) is 0 Å². The van der Waals surface area contributed by atoms with E-state index in [2.05, 4.69) is 60.6 Å². The molecule has 2 aromatic carbocycles. The van der Waals surface area contributed by atoms with Gasteiger partial charge in [-0.05, 0) is 97.1 Å². The summed E-state index contributed by atoms with van der Waals surface area (Å²) >= 11 is 0. The number of benzene rings is 2. The van der Waals surface area contributed by atoms with Gasteiger partial charge in [-0.2, -0.15) is 30.7 Å². The molecule has 0 bridgehead atoms. The first-order valence-corrected chi connectivity index (χ1v) is 19.4. The summed E-state index contributed by atoms with van der Waals surface area (Å²) in [7, 11) is 2.00. The Kier molecular flexibility index (Phi) is 25.9. The fourth-order valence-corrected chi connectivity index (χ4v) is 4.27. The lowest BCUT2D eigenvalue weighted by molar-refractivity contribution is 0.0685. The van der Waals surface area contributed by atoms with Gasteiger partial charge >= 0.3 is 11.9 Å². The second-order valence-electron chi connectivity index (χ2n) is 12.2. The van der Waals surface area contributed by atoms with E-state index >= 15 is 0 Å². The van der Waals surface area contributed by atoms with Crippen LogP contribution in [0.4, 0.5) is 34.1 Å². The summed E-state index contributed by atoms with van der Waals surface area (Å²) in [6, 6.07) is 24.9. The molecule has 0 atom stereocenters. The highest BCUT2D eigenvalue weighted by molar-refractivity contribution is 5.90. The number of phenols is 6. The third-order valence-corrected chi connectivity index (χ3v) is 7.45. The van der Waals surface area contributed by atoms with Crippen LogP contribution < -0.4 is 0 Å². The zero-order chi connectivity index (χ0) is 51.5. The molecule has 6 heterocycles. The number of hydrogen-bond donors (Lipinski definition) is 10. The molecule has 0 fully saturated rings. The van der Waals surface area contributed by atoms with Gasteiger partial charge in [0, 0.05) is 88.6 Å². The van der Waals surface area contributed by atoms with Crippen LogP contribution in [0.1, 0.15) is 20.7 Å². The summed E-state index contributed by atoms with van der Waals surface area (Å²) in [5, 5.41) is 108. The van der Waals surface area contributed by atoms with Gasteiger partial charge in [-0.3, -0.25) is 29.9 Å². The van der Waals surface area contributed by atoms with Gasteiger partial charge in [-0.15, -0.1) is 0 Å². The maximum absolute atomic E-state index is 10.3. The molecule has 0 radical (unpaired) electrons. The molecular formula is C46H44N12O12. The van der Waals surface area contributed by atoms with Gasteiger partial charge in [0.05, 0.1) is 45.3 Å². The van der Waals surface area contributed by atoms with Gasteiger partial charge in [-0.1, -0.05) is 0 Å². The molecule has 24 heteroatoms. The standard InChI is InChI=1S/3C10H8N4.2C7H6O5.2CH4O/c3*1-5-11-6-2-9(1)13-14-10-3-7-12-8-4-10;2*8-4-1-3(7(11)12)2-5(9)6(4)10;2*1-2/h3*1-8H;2*1-2,8-10H,(H,11,12);2*2H,1H3. The SMILES string of the molecule is CO.CO.O=C(O)c1cc(O)c(O)c(O)c1.O=C(O)c1cc(O)c(O)c(O)c1.c1cc(N=Nc2ccncc2)ccn1.c1cc(N=Nc2ccncc2)ccn1.c1cc(N=Nc2ccncc2)ccn1. The molecule has 360 valence electrons. The van der Waals surface area contributed by atoms with Crippen molar-refractivity contribution in [2.24, 2.45) is 30.7 Å². The lowest BCUT2D eigenvalue weighted by atomic mass is 10.2. The van der Waals surface area contributed by atoms with E-state index < -0.39 is 46.4 Å². The number of aliphatic hydroxyl groups excluding tert-OH is 2. The van der Waals surface area contributed by atoms with E-state index in [1.165, 1.54) is 0 Å². The van der Waals surface area contributed by atoms with Gasteiger partial charge in [0.25, 0.3) is 0 Å². The van der Waals surface area contributed by atoms with Crippen LogP contribution >= 0.6 is 0 Å². The van der Waals surface area contributed by atoms with Gasteiger partial charge in [0.1, 0.15) is 0 Å². The van der Waals surface area contributed by atoms with Crippen LogP contribution in [0, 0.1) is 0 Å². The average molecular weight is 957 g/mol. The molecular weight excluding hydrogens is 913 g/mol. The number of carbonyl (C=O) groups is 2. The van der Waals surface area contributed by atoms with Crippen LogP contribution in [0.5, 0.6) is 34.5 Å². The molecule has 70 heavy (non-hydrogen) atoms. The number of aromatic nitrogens is 6. The Morgan fingerprint density at radius 2 is 0.457 bits per heavy atom. The zero-order valence-electron chi connectivity index (χ0n) is 36.8. The number of hydrogen-bond acceptors (Lipinski definition) is 22. The summed E-state index contributed by atoms with van der Waals surface area (Å²) in [4.78, 5) is 44.0. The highest BCUT2D eigenvalue weighted by atomic mass is 16.4. The van der Waals surface area contributed by atoms with Crippen LogP contribution in [-0.2, 0) is 0 Å². The van der Waals surface area contributed by atoms with Crippen molar-refractivity contribution in [1.29, 1.82) is 0 Å². The van der Waals surface area contributed by atoms with Crippen molar-refractivity contribution in [1.82, 2.24) is 29.9 Å². The maximum atomic E-state index is 10.3. The number of phenolic OH excluding ortho intramolecular Hbond substituents is 6. The first kappa shape index (κ1) is 55.9. The summed E-state index contributed by atoms with van der Waals surface area (Å²) in [6.07, 6.45) is 20.2. The number of aromatic hydroxyl groups is 6. The largest absolute Gasteiger partial charge is 0.504 e. The molecule has 24 nitrogen and oxygen atoms in total. The summed E-state index contributed by atoms with van der Waals surface area (Å²) in [5.41, 5.74) is 4.15. The van der Waals surface area contributed by atoms with E-state index in [4.69, 9.17) is 51.1 Å². The van der Waals surface area contributed by atoms with Crippen LogP contribution in [0.15, 0.2) is 202 Å². The van der Waals surface area contributed by atoms with E-state index in [1.807, 2.05) is 0 Å². The van der Waals surface area contributed by atoms with Gasteiger partial charge in [-0.25, -0.2) is 9.59 Å². The average Bonchev–Trinajstić information content (AvgIpc) is 3.41. The fourth-order valence-electron chi connectivity index (χ4n) is 4.27. The summed E-state index contributed by atoms with van der Waals surface area (Å²) in [6.45, 7) is 0. The van der Waals surface area contributed by atoms with Crippen molar-refractivity contribution in [3.05, 3.63) is 183 Å². The molecule has 10 N–H and O–H groups in total. The second kappa shape index (κ2) is 32.5. The minimum absolute atomic E-state index is 0.289. The highest BCUT2D eigenvalue weighted by Crippen LogP contribution is 2.36. The topological polar surface area (TPSA) is 388 Å². The summed E-state index contributed by atoms with van der Waals surface area (Å²) < 4.78 is 0. The van der Waals surface area contributed by atoms with Crippen molar-refractivity contribution in [3.8, 4) is 34.5 Å². The minimum atomic E-state index is -1.29. The van der Waals surface area contributed by atoms with Crippen LogP contribution in [-0.4, -0.2) is 107 Å². The number of pyridine rings is 6. The molecule has 0 saturated heterocycles. The molecule has 0 unspecified atom stereocenters. The van der Waals surface area contributed by atoms with Crippen molar-refractivity contribution >= 4 is 46.1 Å². The highest BCUT2D eigenvalue weighted by Gasteiger charge is 2.12. The molecule has 0 aliphatic rings. The van der Waals surface area contributed by atoms with Crippen molar-refractivity contribution in [2.45, 2.75) is 0 Å². The van der Waals surface area contributed by atoms with E-state index in [9.17, 15) is 9.59 Å². The fraction of sp³-hybridized carbons (Fsp3) is 0.0435. The van der Waals surface area contributed by atoms with E-state index in [0.717, 1.165) is 72.6 Å². The van der Waals surface area contributed by atoms with E-state index in [0.29, 0.717) is 0 Å². The zero-order valence-corrected chi connectivity index (χ0v) is 36.8. The Labute approximate surface area is 397 Å². The quantitative estimate of drug-likeness (QED) is 0.0501. The smallest absolute Gasteiger partial charge is 0.335 e. The first-order valence-electron chi connectivity index (χ1n) is 19.4. The van der Waals surface area contributed by atoms with Crippen molar-refractivity contribution < 1.29 is 60.7 Å². The molecule has 6 aromatic heterocycles. The van der Waals surface area contributed by atoms with Gasteiger partial charge in [0.2, 0.25) is 0 Å². The lowest BCUT2D eigenvalue weighted by Gasteiger charge is -2.01. The predicted octanol–water partition coefficient (Wildman–Crippen LogP) is 8.90. The molecule has 8 rings (SSSR count). The lowest BCUT2D eigenvalue weighted by Crippen LogP contribution is -1.95. The molecule has 8 aromatic rings. The predicted molar refractivity (Wildman–Crippen MR) is 251 cm³/mol. The number of azo groups is 3. The number of rotatable bonds is 8.